The van der Waals surface area contributed by atoms with Crippen molar-refractivity contribution < 1.29 is 14.3 Å². The maximum absolute atomic E-state index is 13.2. The van der Waals surface area contributed by atoms with Gasteiger partial charge in [-0.15, -0.1) is 0 Å². The first-order valence-electron chi connectivity index (χ1n) is 8.62. The first-order valence-corrected chi connectivity index (χ1v) is 9.00. The van der Waals surface area contributed by atoms with Gasteiger partial charge in [-0.25, -0.2) is 9.37 Å². The molecule has 0 atom stereocenters. The van der Waals surface area contributed by atoms with E-state index in [9.17, 15) is 9.60 Å². The van der Waals surface area contributed by atoms with Gasteiger partial charge in [-0.1, -0.05) is 18.5 Å². The van der Waals surface area contributed by atoms with Crippen molar-refractivity contribution in [3.05, 3.63) is 52.9 Å². The number of halogens is 2. The van der Waals surface area contributed by atoms with E-state index in [1.165, 1.54) is 18.2 Å². The van der Waals surface area contributed by atoms with Crippen molar-refractivity contribution in [3.8, 4) is 11.6 Å². The number of rotatable bonds is 4. The molecule has 0 unspecified atom stereocenters. The summed E-state index contributed by atoms with van der Waals surface area (Å²) in [5.74, 6) is 1.27. The lowest BCUT2D eigenvalue weighted by molar-refractivity contribution is 0.233. The van der Waals surface area contributed by atoms with Crippen molar-refractivity contribution in [1.29, 1.82) is 0 Å². The Morgan fingerprint density at radius 2 is 2.04 bits per heavy atom. The Morgan fingerprint density at radius 1 is 1.27 bits per heavy atom. The molecule has 26 heavy (non-hydrogen) atoms. The fraction of sp³-hybridized carbons (Fsp3) is 0.368. The molecule has 5 nitrogen and oxygen atoms in total. The monoisotopic (exact) mass is 377 g/mol. The molecular weight excluding hydrogens is 357 g/mol. The van der Waals surface area contributed by atoms with Crippen LogP contribution in [0.1, 0.15) is 38.2 Å². The Balaban J connectivity index is 1.77. The Hall–Kier alpha value is -2.18. The third-order valence-corrected chi connectivity index (χ3v) is 4.81. The van der Waals surface area contributed by atoms with E-state index in [0.29, 0.717) is 23.0 Å². The van der Waals surface area contributed by atoms with Gasteiger partial charge < -0.3 is 4.74 Å². The molecule has 0 saturated heterocycles. The van der Waals surface area contributed by atoms with Crippen LogP contribution in [-0.2, 0) is 0 Å². The molecule has 2 N–H and O–H groups in total. The largest absolute Gasteiger partial charge is 0.439 e. The van der Waals surface area contributed by atoms with Gasteiger partial charge in [-0.05, 0) is 49.8 Å². The number of nitrogens with zero attached hydrogens (tertiary/aromatic N) is 2. The Bertz CT molecular complexity index is 792. The minimum atomic E-state index is -0.513. The predicted molar refractivity (Wildman–Crippen MR) is 98.6 cm³/mol. The fourth-order valence-corrected chi connectivity index (χ4v) is 3.17. The fourth-order valence-electron chi connectivity index (χ4n) is 3.00. The average molecular weight is 378 g/mol. The van der Waals surface area contributed by atoms with Gasteiger partial charge in [-0.3, -0.25) is 15.7 Å². The van der Waals surface area contributed by atoms with Gasteiger partial charge in [0.25, 0.3) is 0 Å². The molecule has 1 aromatic heterocycles. The van der Waals surface area contributed by atoms with Crippen LogP contribution >= 0.6 is 11.6 Å². The number of pyridine rings is 1. The average Bonchev–Trinajstić information content (AvgIpc) is 2.64. The number of hydrogen-bond acceptors (Lipinski definition) is 4. The van der Waals surface area contributed by atoms with Crippen LogP contribution in [0.3, 0.4) is 0 Å². The summed E-state index contributed by atoms with van der Waals surface area (Å²) in [5.41, 5.74) is 2.84. The molecule has 3 rings (SSSR count). The molecule has 1 aliphatic carbocycles. The summed E-state index contributed by atoms with van der Waals surface area (Å²) in [4.78, 5) is 8.77. The van der Waals surface area contributed by atoms with Crippen LogP contribution in [0, 0.1) is 11.7 Å². The molecule has 1 saturated carbocycles. The van der Waals surface area contributed by atoms with Crippen LogP contribution in [0.5, 0.6) is 11.6 Å². The summed E-state index contributed by atoms with van der Waals surface area (Å²) in [5, 5.41) is 9.48. The highest BCUT2D eigenvalue weighted by Gasteiger charge is 2.18. The van der Waals surface area contributed by atoms with E-state index in [-0.39, 0.29) is 11.1 Å². The van der Waals surface area contributed by atoms with Crippen molar-refractivity contribution in [3.63, 3.8) is 0 Å². The first-order chi connectivity index (χ1) is 12.5. The second-order valence-corrected chi connectivity index (χ2v) is 6.97. The van der Waals surface area contributed by atoms with Crippen molar-refractivity contribution in [2.45, 2.75) is 38.6 Å². The molecule has 2 aromatic rings. The zero-order valence-corrected chi connectivity index (χ0v) is 15.2. The minimum absolute atomic E-state index is 0.0237. The molecule has 1 aliphatic rings. The van der Waals surface area contributed by atoms with Crippen LogP contribution < -0.4 is 10.2 Å². The van der Waals surface area contributed by atoms with E-state index in [2.05, 4.69) is 22.4 Å². The predicted octanol–water partition coefficient (Wildman–Crippen LogP) is 4.97. The minimum Gasteiger partial charge on any atom is -0.439 e. The quantitative estimate of drug-likeness (QED) is 0.448. The van der Waals surface area contributed by atoms with Crippen molar-refractivity contribution >= 4 is 17.4 Å². The van der Waals surface area contributed by atoms with Crippen LogP contribution in [0.15, 0.2) is 41.5 Å². The Morgan fingerprint density at radius 3 is 2.73 bits per heavy atom. The summed E-state index contributed by atoms with van der Waals surface area (Å²) < 4.78 is 18.9. The maximum atomic E-state index is 13.2. The number of nitrogens with one attached hydrogen (secondary N) is 1. The van der Waals surface area contributed by atoms with E-state index in [4.69, 9.17) is 16.3 Å². The van der Waals surface area contributed by atoms with E-state index in [0.717, 1.165) is 31.6 Å². The zero-order chi connectivity index (χ0) is 18.5. The summed E-state index contributed by atoms with van der Waals surface area (Å²) in [7, 11) is 0. The zero-order valence-electron chi connectivity index (χ0n) is 14.5. The van der Waals surface area contributed by atoms with Crippen LogP contribution in [0.25, 0.3) is 0 Å². The lowest BCUT2D eigenvalue weighted by Crippen LogP contribution is -2.25. The normalized spacial score (nSPS) is 20.7. The molecule has 1 aromatic carbocycles. The van der Waals surface area contributed by atoms with Gasteiger partial charge in [0, 0.05) is 23.9 Å². The van der Waals surface area contributed by atoms with Gasteiger partial charge in [0.1, 0.15) is 11.6 Å². The maximum Gasteiger partial charge on any atom is 0.219 e. The molecule has 7 heteroatoms. The van der Waals surface area contributed by atoms with E-state index in [1.807, 2.05) is 0 Å². The van der Waals surface area contributed by atoms with Gasteiger partial charge in [0.15, 0.2) is 5.84 Å². The van der Waals surface area contributed by atoms with Crippen molar-refractivity contribution in [1.82, 2.24) is 10.5 Å². The van der Waals surface area contributed by atoms with Gasteiger partial charge >= 0.3 is 0 Å². The molecule has 138 valence electrons. The lowest BCUT2D eigenvalue weighted by atomic mass is 9.88. The smallest absolute Gasteiger partial charge is 0.219 e. The number of benzene rings is 1. The van der Waals surface area contributed by atoms with Crippen LogP contribution in [-0.4, -0.2) is 22.1 Å². The first kappa shape index (κ1) is 18.6. The molecule has 1 fully saturated rings. The molecule has 0 spiro atoms. The third-order valence-electron chi connectivity index (χ3n) is 4.52. The SMILES string of the molecule is CC1CCC(N=C(NO)c2ccnc(Oc3ccc(F)c(Cl)c3)c2)CC1. The summed E-state index contributed by atoms with van der Waals surface area (Å²) in [6.45, 7) is 2.25. The Kier molecular flexibility index (Phi) is 6.06. The van der Waals surface area contributed by atoms with Crippen LogP contribution in [0.2, 0.25) is 5.02 Å². The second kappa shape index (κ2) is 8.47. The summed E-state index contributed by atoms with van der Waals surface area (Å²) in [6, 6.07) is 7.66. The molecule has 0 radical (unpaired) electrons. The summed E-state index contributed by atoms with van der Waals surface area (Å²) >= 11 is 5.77. The van der Waals surface area contributed by atoms with Crippen LogP contribution in [0.4, 0.5) is 4.39 Å². The highest BCUT2D eigenvalue weighted by Crippen LogP contribution is 2.27. The standard InChI is InChI=1S/C19H21ClFN3O2/c1-12-2-4-14(5-3-12)23-19(24-25)13-8-9-22-18(10-13)26-15-6-7-17(21)16(20)11-15/h6-12,14,25H,2-5H2,1H3,(H,23,24). The Labute approximate surface area is 156 Å². The van der Waals surface area contributed by atoms with Gasteiger partial charge in [0.05, 0.1) is 11.1 Å². The number of aromatic nitrogens is 1. The molecule has 1 heterocycles. The number of ether oxygens (including phenoxy) is 1. The van der Waals surface area contributed by atoms with Crippen molar-refractivity contribution in [2.24, 2.45) is 10.9 Å². The second-order valence-electron chi connectivity index (χ2n) is 6.56. The van der Waals surface area contributed by atoms with E-state index >= 15 is 0 Å². The molecule has 0 aliphatic heterocycles. The lowest BCUT2D eigenvalue weighted by Gasteiger charge is -2.24. The van der Waals surface area contributed by atoms with E-state index < -0.39 is 5.82 Å². The molecule has 0 amide bonds. The topological polar surface area (TPSA) is 66.7 Å². The highest BCUT2D eigenvalue weighted by atomic mass is 35.5. The number of aliphatic imine (C=N–C) groups is 1. The number of hydroxylamine groups is 1. The molecule has 0 bridgehead atoms. The van der Waals surface area contributed by atoms with Gasteiger partial charge in [0.2, 0.25) is 5.88 Å². The van der Waals surface area contributed by atoms with Crippen molar-refractivity contribution in [2.75, 3.05) is 0 Å². The highest BCUT2D eigenvalue weighted by molar-refractivity contribution is 6.30. The summed E-state index contributed by atoms with van der Waals surface area (Å²) in [6.07, 6.45) is 5.86. The van der Waals surface area contributed by atoms with Gasteiger partial charge in [-0.2, -0.15) is 0 Å². The molecular formula is C19H21ClFN3O2. The van der Waals surface area contributed by atoms with E-state index in [1.54, 1.807) is 18.3 Å². The third kappa shape index (κ3) is 4.71. The number of hydrogen-bond donors (Lipinski definition) is 2. The number of amidine groups is 1.